The smallest absolute Gasteiger partial charge is 0.240 e. The van der Waals surface area contributed by atoms with Crippen LogP contribution >= 0.6 is 0 Å². The Labute approximate surface area is 98.0 Å². The third-order valence-electron chi connectivity index (χ3n) is 3.01. The lowest BCUT2D eigenvalue weighted by Crippen LogP contribution is -2.43. The van der Waals surface area contributed by atoms with E-state index < -0.39 is 23.2 Å². The Morgan fingerprint density at radius 2 is 2.12 bits per heavy atom. The van der Waals surface area contributed by atoms with Crippen LogP contribution in [0.3, 0.4) is 0 Å². The number of benzene rings is 1. The summed E-state index contributed by atoms with van der Waals surface area (Å²) in [7, 11) is 0. The van der Waals surface area contributed by atoms with E-state index in [0.717, 1.165) is 18.2 Å². The first-order valence-electron chi connectivity index (χ1n) is 5.47. The fourth-order valence-electron chi connectivity index (χ4n) is 1.63. The monoisotopic (exact) mass is 240 g/mol. The van der Waals surface area contributed by atoms with E-state index in [-0.39, 0.29) is 11.5 Å². The number of carbonyl (C=O) groups is 1. The summed E-state index contributed by atoms with van der Waals surface area (Å²) in [5.41, 5.74) is 5.02. The van der Waals surface area contributed by atoms with E-state index in [2.05, 4.69) is 5.32 Å². The van der Waals surface area contributed by atoms with Crippen molar-refractivity contribution in [2.24, 2.45) is 5.73 Å². The van der Waals surface area contributed by atoms with Gasteiger partial charge in [0, 0.05) is 5.56 Å². The molecule has 1 aromatic carbocycles. The second-order valence-corrected chi connectivity index (χ2v) is 4.52. The van der Waals surface area contributed by atoms with Gasteiger partial charge in [-0.1, -0.05) is 0 Å². The lowest BCUT2D eigenvalue weighted by atomic mass is 10.1. The molecule has 0 radical (unpaired) electrons. The highest BCUT2D eigenvalue weighted by Crippen LogP contribution is 2.33. The van der Waals surface area contributed by atoms with Gasteiger partial charge in [0.2, 0.25) is 5.91 Å². The Hall–Kier alpha value is -1.49. The molecule has 1 saturated carbocycles. The van der Waals surface area contributed by atoms with Gasteiger partial charge in [0.25, 0.3) is 0 Å². The summed E-state index contributed by atoms with van der Waals surface area (Å²) in [6, 6.07) is 2.57. The molecule has 5 heteroatoms. The van der Waals surface area contributed by atoms with Crippen LogP contribution in [0.1, 0.15) is 31.4 Å². The van der Waals surface area contributed by atoms with Crippen molar-refractivity contribution < 1.29 is 13.6 Å². The molecule has 2 rings (SSSR count). The standard InChI is InChI=1S/C12H14F2N2O/c1-7(16-11(17)12(15)4-5-12)9-6-8(13)2-3-10(9)14/h2-3,6-7H,4-5,15H2,1H3,(H,16,17). The minimum atomic E-state index is -0.807. The molecule has 1 unspecified atom stereocenters. The van der Waals surface area contributed by atoms with Crippen molar-refractivity contribution in [3.8, 4) is 0 Å². The molecule has 0 aliphatic heterocycles. The molecule has 1 fully saturated rings. The molecule has 92 valence electrons. The Kier molecular flexibility index (Phi) is 2.87. The van der Waals surface area contributed by atoms with Crippen molar-refractivity contribution in [3.63, 3.8) is 0 Å². The Bertz CT molecular complexity index is 458. The van der Waals surface area contributed by atoms with Crippen LogP contribution in [0.4, 0.5) is 8.78 Å². The SMILES string of the molecule is CC(NC(=O)C1(N)CC1)c1cc(F)ccc1F. The molecule has 1 atom stereocenters. The number of rotatable bonds is 3. The zero-order valence-electron chi connectivity index (χ0n) is 9.47. The van der Waals surface area contributed by atoms with Crippen LogP contribution in [0.25, 0.3) is 0 Å². The van der Waals surface area contributed by atoms with Gasteiger partial charge in [-0.05, 0) is 38.0 Å². The first-order chi connectivity index (χ1) is 7.92. The van der Waals surface area contributed by atoms with Crippen LogP contribution in [-0.4, -0.2) is 11.4 Å². The highest BCUT2D eigenvalue weighted by Gasteiger charge is 2.46. The molecule has 0 bridgehead atoms. The van der Waals surface area contributed by atoms with E-state index in [1.165, 1.54) is 0 Å². The Morgan fingerprint density at radius 3 is 2.71 bits per heavy atom. The number of hydrogen-bond donors (Lipinski definition) is 2. The summed E-state index contributed by atoms with van der Waals surface area (Å²) >= 11 is 0. The van der Waals surface area contributed by atoms with Crippen molar-refractivity contribution in [1.29, 1.82) is 0 Å². The van der Waals surface area contributed by atoms with E-state index in [1.54, 1.807) is 6.92 Å². The maximum absolute atomic E-state index is 13.4. The highest BCUT2D eigenvalue weighted by molar-refractivity contribution is 5.89. The van der Waals surface area contributed by atoms with Crippen molar-refractivity contribution in [1.82, 2.24) is 5.32 Å². The summed E-state index contributed by atoms with van der Waals surface area (Å²) in [6.45, 7) is 1.60. The van der Waals surface area contributed by atoms with Crippen LogP contribution < -0.4 is 11.1 Å². The Balaban J connectivity index is 2.11. The van der Waals surface area contributed by atoms with Gasteiger partial charge in [0.05, 0.1) is 11.6 Å². The number of carbonyl (C=O) groups excluding carboxylic acids is 1. The first-order valence-corrected chi connectivity index (χ1v) is 5.47. The molecule has 0 aromatic heterocycles. The number of halogens is 2. The van der Waals surface area contributed by atoms with Gasteiger partial charge < -0.3 is 11.1 Å². The van der Waals surface area contributed by atoms with E-state index in [1.807, 2.05) is 0 Å². The van der Waals surface area contributed by atoms with Crippen molar-refractivity contribution in [3.05, 3.63) is 35.4 Å². The number of nitrogens with two attached hydrogens (primary N) is 1. The number of nitrogens with one attached hydrogen (secondary N) is 1. The van der Waals surface area contributed by atoms with Crippen molar-refractivity contribution in [2.45, 2.75) is 31.3 Å². The molecule has 1 aliphatic carbocycles. The fraction of sp³-hybridized carbons (Fsp3) is 0.417. The van der Waals surface area contributed by atoms with E-state index in [9.17, 15) is 13.6 Å². The van der Waals surface area contributed by atoms with Crippen LogP contribution in [0.15, 0.2) is 18.2 Å². The maximum Gasteiger partial charge on any atom is 0.240 e. The van der Waals surface area contributed by atoms with Crippen molar-refractivity contribution >= 4 is 5.91 Å². The van der Waals surface area contributed by atoms with Gasteiger partial charge in [0.15, 0.2) is 0 Å². The third kappa shape index (κ3) is 2.44. The average molecular weight is 240 g/mol. The lowest BCUT2D eigenvalue weighted by Gasteiger charge is -2.17. The van der Waals surface area contributed by atoms with Gasteiger partial charge in [0.1, 0.15) is 11.6 Å². The fourth-order valence-corrected chi connectivity index (χ4v) is 1.63. The zero-order chi connectivity index (χ0) is 12.6. The maximum atomic E-state index is 13.4. The zero-order valence-corrected chi connectivity index (χ0v) is 9.47. The average Bonchev–Trinajstić information content (AvgIpc) is 3.01. The molecule has 0 heterocycles. The van der Waals surface area contributed by atoms with E-state index in [4.69, 9.17) is 5.73 Å². The summed E-state index contributed by atoms with van der Waals surface area (Å²) in [6.07, 6.45) is 1.27. The molecular formula is C12H14F2N2O. The van der Waals surface area contributed by atoms with Crippen LogP contribution in [0.5, 0.6) is 0 Å². The molecule has 0 saturated heterocycles. The molecular weight excluding hydrogens is 226 g/mol. The second kappa shape index (κ2) is 4.07. The minimum absolute atomic E-state index is 0.127. The quantitative estimate of drug-likeness (QED) is 0.843. The van der Waals surface area contributed by atoms with Crippen LogP contribution in [0, 0.1) is 11.6 Å². The molecule has 17 heavy (non-hydrogen) atoms. The number of hydrogen-bond acceptors (Lipinski definition) is 2. The normalized spacial score (nSPS) is 18.6. The predicted molar refractivity (Wildman–Crippen MR) is 59.1 cm³/mol. The van der Waals surface area contributed by atoms with E-state index >= 15 is 0 Å². The molecule has 1 aromatic rings. The van der Waals surface area contributed by atoms with Gasteiger partial charge in [-0.2, -0.15) is 0 Å². The largest absolute Gasteiger partial charge is 0.348 e. The van der Waals surface area contributed by atoms with Gasteiger partial charge in [-0.25, -0.2) is 8.78 Å². The lowest BCUT2D eigenvalue weighted by molar-refractivity contribution is -0.123. The molecule has 1 aliphatic rings. The predicted octanol–water partition coefficient (Wildman–Crippen LogP) is 1.63. The molecule has 3 N–H and O–H groups in total. The molecule has 1 amide bonds. The first kappa shape index (κ1) is 12.0. The van der Waals surface area contributed by atoms with Gasteiger partial charge in [-0.15, -0.1) is 0 Å². The summed E-state index contributed by atoms with van der Waals surface area (Å²) in [5, 5.41) is 2.60. The van der Waals surface area contributed by atoms with Crippen LogP contribution in [-0.2, 0) is 4.79 Å². The molecule has 3 nitrogen and oxygen atoms in total. The minimum Gasteiger partial charge on any atom is -0.348 e. The summed E-state index contributed by atoms with van der Waals surface area (Å²) in [5.74, 6) is -1.38. The van der Waals surface area contributed by atoms with Crippen molar-refractivity contribution in [2.75, 3.05) is 0 Å². The van der Waals surface area contributed by atoms with Gasteiger partial charge >= 0.3 is 0 Å². The molecule has 0 spiro atoms. The second-order valence-electron chi connectivity index (χ2n) is 4.52. The third-order valence-corrected chi connectivity index (χ3v) is 3.01. The van der Waals surface area contributed by atoms with E-state index in [0.29, 0.717) is 12.8 Å². The summed E-state index contributed by atoms with van der Waals surface area (Å²) < 4.78 is 26.4. The van der Waals surface area contributed by atoms with Gasteiger partial charge in [-0.3, -0.25) is 4.79 Å². The number of amides is 1. The van der Waals surface area contributed by atoms with Crippen LogP contribution in [0.2, 0.25) is 0 Å². The topological polar surface area (TPSA) is 55.1 Å². The summed E-state index contributed by atoms with van der Waals surface area (Å²) in [4.78, 5) is 11.7. The Morgan fingerprint density at radius 1 is 1.47 bits per heavy atom. The highest BCUT2D eigenvalue weighted by atomic mass is 19.1.